The van der Waals surface area contributed by atoms with Crippen LogP contribution in [0.25, 0.3) is 0 Å². The first-order valence-electron chi connectivity index (χ1n) is 6.68. The molecule has 0 radical (unpaired) electrons. The zero-order valence-electron chi connectivity index (χ0n) is 12.7. The number of benzene rings is 1. The van der Waals surface area contributed by atoms with Crippen molar-refractivity contribution in [2.75, 3.05) is 27.4 Å². The Labute approximate surface area is 129 Å². The van der Waals surface area contributed by atoms with Gasteiger partial charge < -0.3 is 19.9 Å². The lowest BCUT2D eigenvalue weighted by molar-refractivity contribution is 0.00518. The van der Waals surface area contributed by atoms with Crippen molar-refractivity contribution < 1.29 is 14.2 Å². The number of methoxy groups -OCH3 is 2. The molecule has 0 atom stereocenters. The van der Waals surface area contributed by atoms with Gasteiger partial charge >= 0.3 is 0 Å². The van der Waals surface area contributed by atoms with E-state index in [1.165, 1.54) is 0 Å². The summed E-state index contributed by atoms with van der Waals surface area (Å²) in [6.45, 7) is 5.24. The number of nitrogens with two attached hydrogens (primary N) is 1. The molecule has 0 aromatic heterocycles. The average molecular weight is 346 g/mol. The van der Waals surface area contributed by atoms with Crippen LogP contribution in [0.1, 0.15) is 25.8 Å². The molecular weight excluding hydrogens is 322 g/mol. The second kappa shape index (κ2) is 7.86. The van der Waals surface area contributed by atoms with E-state index in [0.29, 0.717) is 13.2 Å². The van der Waals surface area contributed by atoms with Crippen LogP contribution in [-0.2, 0) is 11.2 Å². The third-order valence-corrected chi connectivity index (χ3v) is 3.81. The zero-order chi connectivity index (χ0) is 15.2. The van der Waals surface area contributed by atoms with Crippen molar-refractivity contribution >= 4 is 15.9 Å². The molecule has 0 bridgehead atoms. The van der Waals surface area contributed by atoms with Crippen molar-refractivity contribution in [3.8, 4) is 11.5 Å². The van der Waals surface area contributed by atoms with E-state index in [1.807, 2.05) is 26.0 Å². The number of ether oxygens (including phenoxy) is 3. The van der Waals surface area contributed by atoms with E-state index in [9.17, 15) is 0 Å². The summed E-state index contributed by atoms with van der Waals surface area (Å²) in [4.78, 5) is 0. The minimum atomic E-state index is -0.195. The van der Waals surface area contributed by atoms with Crippen molar-refractivity contribution in [1.29, 1.82) is 0 Å². The van der Waals surface area contributed by atoms with Gasteiger partial charge in [-0.3, -0.25) is 0 Å². The van der Waals surface area contributed by atoms with Gasteiger partial charge in [-0.1, -0.05) is 0 Å². The second-order valence-corrected chi connectivity index (χ2v) is 6.06. The molecule has 1 aromatic rings. The van der Waals surface area contributed by atoms with Gasteiger partial charge in [-0.05, 0) is 60.4 Å². The zero-order valence-corrected chi connectivity index (χ0v) is 14.2. The minimum Gasteiger partial charge on any atom is -0.493 e. The number of hydrogen-bond acceptors (Lipinski definition) is 4. The van der Waals surface area contributed by atoms with Crippen molar-refractivity contribution in [3.63, 3.8) is 0 Å². The number of rotatable bonds is 8. The molecule has 0 unspecified atom stereocenters. The Morgan fingerprint density at radius 2 is 1.95 bits per heavy atom. The van der Waals surface area contributed by atoms with Crippen LogP contribution in [0, 0.1) is 0 Å². The summed E-state index contributed by atoms with van der Waals surface area (Å²) < 4.78 is 17.5. The van der Waals surface area contributed by atoms with Gasteiger partial charge in [-0.25, -0.2) is 0 Å². The van der Waals surface area contributed by atoms with Gasteiger partial charge in [-0.15, -0.1) is 0 Å². The van der Waals surface area contributed by atoms with Gasteiger partial charge in [0.05, 0.1) is 23.8 Å². The molecule has 0 aliphatic carbocycles. The maximum Gasteiger partial charge on any atom is 0.175 e. The summed E-state index contributed by atoms with van der Waals surface area (Å²) in [7, 11) is 3.35. The lowest BCUT2D eigenvalue weighted by Gasteiger charge is -2.23. The summed E-state index contributed by atoms with van der Waals surface area (Å²) in [5, 5.41) is 0. The smallest absolute Gasteiger partial charge is 0.175 e. The largest absolute Gasteiger partial charge is 0.493 e. The molecule has 1 aromatic carbocycles. The van der Waals surface area contributed by atoms with Crippen molar-refractivity contribution in [3.05, 3.63) is 22.2 Å². The van der Waals surface area contributed by atoms with Crippen molar-refractivity contribution in [2.45, 2.75) is 32.3 Å². The van der Waals surface area contributed by atoms with E-state index in [0.717, 1.165) is 34.4 Å². The first-order chi connectivity index (χ1) is 9.43. The molecule has 4 nitrogen and oxygen atoms in total. The first-order valence-corrected chi connectivity index (χ1v) is 7.47. The summed E-state index contributed by atoms with van der Waals surface area (Å²) in [5.74, 6) is 1.44. The highest BCUT2D eigenvalue weighted by Crippen LogP contribution is 2.37. The molecule has 5 heteroatoms. The highest BCUT2D eigenvalue weighted by molar-refractivity contribution is 9.10. The Morgan fingerprint density at radius 1 is 1.25 bits per heavy atom. The Balaban J connectivity index is 2.79. The van der Waals surface area contributed by atoms with E-state index in [4.69, 9.17) is 19.9 Å². The Bertz CT molecular complexity index is 435. The molecule has 0 spiro atoms. The third kappa shape index (κ3) is 4.96. The summed E-state index contributed by atoms with van der Waals surface area (Å²) in [5.41, 5.74) is 6.51. The van der Waals surface area contributed by atoms with E-state index in [1.54, 1.807) is 14.2 Å². The van der Waals surface area contributed by atoms with Crippen LogP contribution >= 0.6 is 15.9 Å². The first kappa shape index (κ1) is 17.3. The molecule has 0 fully saturated rings. The molecule has 20 heavy (non-hydrogen) atoms. The normalized spacial score (nSPS) is 11.5. The van der Waals surface area contributed by atoms with Crippen LogP contribution in [0.15, 0.2) is 16.6 Å². The topological polar surface area (TPSA) is 53.7 Å². The standard InChI is InChI=1S/C15H24BrNO3/c1-15(2,19-4)6-8-20-14-12(16)9-11(5-7-17)10-13(14)18-3/h9-10H,5-8,17H2,1-4H3. The fourth-order valence-corrected chi connectivity index (χ4v) is 2.33. The van der Waals surface area contributed by atoms with E-state index < -0.39 is 0 Å². The highest BCUT2D eigenvalue weighted by atomic mass is 79.9. The molecule has 0 saturated carbocycles. The summed E-state index contributed by atoms with van der Waals surface area (Å²) in [6.07, 6.45) is 1.61. The Kier molecular flexibility index (Phi) is 6.79. The maximum atomic E-state index is 5.85. The Hall–Kier alpha value is -0.780. The van der Waals surface area contributed by atoms with Crippen molar-refractivity contribution in [2.24, 2.45) is 5.73 Å². The van der Waals surface area contributed by atoms with Crippen LogP contribution in [0.2, 0.25) is 0 Å². The Morgan fingerprint density at radius 3 is 2.50 bits per heavy atom. The molecule has 0 heterocycles. The van der Waals surface area contributed by atoms with Crippen LogP contribution in [0.3, 0.4) is 0 Å². The number of hydrogen-bond donors (Lipinski definition) is 1. The highest BCUT2D eigenvalue weighted by Gasteiger charge is 2.18. The van der Waals surface area contributed by atoms with Gasteiger partial charge in [0.25, 0.3) is 0 Å². The predicted octanol–water partition coefficient (Wildman–Crippen LogP) is 3.15. The quantitative estimate of drug-likeness (QED) is 0.786. The molecule has 0 aliphatic rings. The fourth-order valence-electron chi connectivity index (χ4n) is 1.73. The lowest BCUT2D eigenvalue weighted by Crippen LogP contribution is -2.25. The van der Waals surface area contributed by atoms with Crippen LogP contribution in [0.5, 0.6) is 11.5 Å². The minimum absolute atomic E-state index is 0.195. The van der Waals surface area contributed by atoms with E-state index in [2.05, 4.69) is 15.9 Å². The van der Waals surface area contributed by atoms with Gasteiger partial charge in [0, 0.05) is 13.5 Å². The molecule has 2 N–H and O–H groups in total. The van der Waals surface area contributed by atoms with E-state index in [-0.39, 0.29) is 5.60 Å². The second-order valence-electron chi connectivity index (χ2n) is 5.21. The van der Waals surface area contributed by atoms with Gasteiger partial charge in [0.2, 0.25) is 0 Å². The van der Waals surface area contributed by atoms with Crippen LogP contribution < -0.4 is 15.2 Å². The third-order valence-electron chi connectivity index (χ3n) is 3.23. The predicted molar refractivity (Wildman–Crippen MR) is 84.7 cm³/mol. The maximum absolute atomic E-state index is 5.85. The monoisotopic (exact) mass is 345 g/mol. The molecule has 0 amide bonds. The van der Waals surface area contributed by atoms with Crippen LogP contribution in [-0.4, -0.2) is 33.0 Å². The number of halogens is 1. The molecule has 0 saturated heterocycles. The summed E-state index contributed by atoms with van der Waals surface area (Å²) >= 11 is 3.53. The average Bonchev–Trinajstić information content (AvgIpc) is 2.41. The van der Waals surface area contributed by atoms with E-state index >= 15 is 0 Å². The molecular formula is C15H24BrNO3. The van der Waals surface area contributed by atoms with Gasteiger partial charge in [0.15, 0.2) is 11.5 Å². The lowest BCUT2D eigenvalue weighted by atomic mass is 10.1. The van der Waals surface area contributed by atoms with Gasteiger partial charge in [-0.2, -0.15) is 0 Å². The molecule has 0 aliphatic heterocycles. The SMILES string of the molecule is COc1cc(CCN)cc(Br)c1OCCC(C)(C)OC. The van der Waals surface area contributed by atoms with Crippen molar-refractivity contribution in [1.82, 2.24) is 0 Å². The van der Waals surface area contributed by atoms with Gasteiger partial charge in [0.1, 0.15) is 0 Å². The fraction of sp³-hybridized carbons (Fsp3) is 0.600. The molecule has 1 rings (SSSR count). The summed E-state index contributed by atoms with van der Waals surface area (Å²) in [6, 6.07) is 3.99. The van der Waals surface area contributed by atoms with Crippen LogP contribution in [0.4, 0.5) is 0 Å². The molecule has 114 valence electrons.